The molecule has 0 spiro atoms. The molecule has 0 bridgehead atoms. The van der Waals surface area contributed by atoms with Crippen LogP contribution >= 0.6 is 0 Å². The van der Waals surface area contributed by atoms with Gasteiger partial charge in [-0.1, -0.05) is 11.3 Å². The minimum Gasteiger partial charge on any atom is -0.273 e. The van der Waals surface area contributed by atoms with E-state index in [1.54, 1.807) is 0 Å². The maximum Gasteiger partial charge on any atom is 0.245 e. The van der Waals surface area contributed by atoms with Crippen LogP contribution in [0.25, 0.3) is 11.0 Å². The first-order chi connectivity index (χ1) is 6.18. The van der Waals surface area contributed by atoms with Gasteiger partial charge in [0, 0.05) is 6.92 Å². The molecule has 0 radical (unpaired) electrons. The molecule has 66 valence electrons. The Morgan fingerprint density at radius 2 is 2.23 bits per heavy atom. The summed E-state index contributed by atoms with van der Waals surface area (Å²) in [6, 6.07) is 5.70. The zero-order valence-electron chi connectivity index (χ0n) is 7.48. The molecule has 4 nitrogen and oxygen atoms in total. The van der Waals surface area contributed by atoms with Crippen molar-refractivity contribution in [3.8, 4) is 0 Å². The van der Waals surface area contributed by atoms with Crippen molar-refractivity contribution >= 4 is 16.9 Å². The van der Waals surface area contributed by atoms with E-state index in [4.69, 9.17) is 0 Å². The highest BCUT2D eigenvalue weighted by molar-refractivity contribution is 5.87. The van der Waals surface area contributed by atoms with Gasteiger partial charge < -0.3 is 0 Å². The maximum absolute atomic E-state index is 11.1. The van der Waals surface area contributed by atoms with Crippen LogP contribution in [-0.2, 0) is 0 Å². The lowest BCUT2D eigenvalue weighted by molar-refractivity contribution is 0.0924. The van der Waals surface area contributed by atoms with Gasteiger partial charge in [0.1, 0.15) is 5.52 Å². The molecule has 1 aromatic carbocycles. The smallest absolute Gasteiger partial charge is 0.245 e. The predicted molar refractivity (Wildman–Crippen MR) is 48.6 cm³/mol. The van der Waals surface area contributed by atoms with Crippen molar-refractivity contribution in [3.63, 3.8) is 0 Å². The normalized spacial score (nSPS) is 10.6. The van der Waals surface area contributed by atoms with Gasteiger partial charge in [-0.15, -0.1) is 5.10 Å². The lowest BCUT2D eigenvalue weighted by Crippen LogP contribution is -2.07. The van der Waals surface area contributed by atoms with Crippen LogP contribution in [0.5, 0.6) is 0 Å². The Hall–Kier alpha value is -1.71. The number of fused-ring (bicyclic) bond motifs is 1. The summed E-state index contributed by atoms with van der Waals surface area (Å²) in [5.41, 5.74) is 2.62. The molecule has 0 saturated carbocycles. The lowest BCUT2D eigenvalue weighted by Gasteiger charge is -1.95. The van der Waals surface area contributed by atoms with Crippen LogP contribution < -0.4 is 0 Å². The Morgan fingerprint density at radius 3 is 2.92 bits per heavy atom. The summed E-state index contributed by atoms with van der Waals surface area (Å²) >= 11 is 0. The van der Waals surface area contributed by atoms with Crippen molar-refractivity contribution in [2.45, 2.75) is 13.8 Å². The molecule has 0 fully saturated rings. The number of nitrogens with zero attached hydrogens (tertiary/aromatic N) is 3. The molecule has 0 aliphatic heterocycles. The Kier molecular flexibility index (Phi) is 1.62. The zero-order chi connectivity index (χ0) is 9.42. The predicted octanol–water partition coefficient (Wildman–Crippen LogP) is 1.40. The van der Waals surface area contributed by atoms with E-state index in [0.29, 0.717) is 0 Å². The standard InChI is InChI=1S/C9H9N3O/c1-6-3-4-8-9(5-6)12(7(2)13)11-10-8/h3-5H,1-2H3. The van der Waals surface area contributed by atoms with Crippen molar-refractivity contribution in [1.82, 2.24) is 15.0 Å². The van der Waals surface area contributed by atoms with E-state index < -0.39 is 0 Å². The lowest BCUT2D eigenvalue weighted by atomic mass is 10.2. The molecule has 0 amide bonds. The van der Waals surface area contributed by atoms with E-state index in [1.807, 2.05) is 25.1 Å². The number of carbonyl (C=O) groups excluding carboxylic acids is 1. The van der Waals surface area contributed by atoms with Gasteiger partial charge >= 0.3 is 0 Å². The molecule has 2 aromatic rings. The van der Waals surface area contributed by atoms with Crippen LogP contribution in [0.1, 0.15) is 17.3 Å². The molecule has 0 N–H and O–H groups in total. The molecule has 0 saturated heterocycles. The SMILES string of the molecule is CC(=O)n1nnc2ccc(C)cc21. The van der Waals surface area contributed by atoms with Crippen LogP contribution in [0.2, 0.25) is 0 Å². The Morgan fingerprint density at radius 1 is 1.46 bits per heavy atom. The van der Waals surface area contributed by atoms with Gasteiger partial charge in [0.15, 0.2) is 0 Å². The van der Waals surface area contributed by atoms with Crippen LogP contribution in [0, 0.1) is 6.92 Å². The quantitative estimate of drug-likeness (QED) is 0.608. The number of benzene rings is 1. The molecule has 0 aliphatic carbocycles. The van der Waals surface area contributed by atoms with Crippen LogP contribution in [0.15, 0.2) is 18.2 Å². The second kappa shape index (κ2) is 2.65. The summed E-state index contributed by atoms with van der Waals surface area (Å²) in [7, 11) is 0. The highest BCUT2D eigenvalue weighted by Crippen LogP contribution is 2.12. The van der Waals surface area contributed by atoms with Gasteiger partial charge in [-0.2, -0.15) is 4.68 Å². The van der Waals surface area contributed by atoms with Gasteiger partial charge in [0.25, 0.3) is 0 Å². The molecule has 13 heavy (non-hydrogen) atoms. The summed E-state index contributed by atoms with van der Waals surface area (Å²) in [6.07, 6.45) is 0. The molecule has 0 aliphatic rings. The third-order valence-electron chi connectivity index (χ3n) is 1.90. The van der Waals surface area contributed by atoms with E-state index in [9.17, 15) is 4.79 Å². The molecule has 1 aromatic heterocycles. The van der Waals surface area contributed by atoms with Crippen LogP contribution in [0.4, 0.5) is 0 Å². The van der Waals surface area contributed by atoms with E-state index in [2.05, 4.69) is 10.3 Å². The van der Waals surface area contributed by atoms with Crippen molar-refractivity contribution in [2.24, 2.45) is 0 Å². The van der Waals surface area contributed by atoms with Gasteiger partial charge in [-0.05, 0) is 24.6 Å². The highest BCUT2D eigenvalue weighted by atomic mass is 16.2. The Bertz CT molecular complexity index is 473. The molecular weight excluding hydrogens is 166 g/mol. The van der Waals surface area contributed by atoms with Gasteiger partial charge in [0.2, 0.25) is 5.91 Å². The average Bonchev–Trinajstić information content (AvgIpc) is 2.46. The van der Waals surface area contributed by atoms with Gasteiger partial charge in [-0.3, -0.25) is 4.79 Å². The third-order valence-corrected chi connectivity index (χ3v) is 1.90. The molecule has 0 unspecified atom stereocenters. The van der Waals surface area contributed by atoms with Crippen molar-refractivity contribution in [1.29, 1.82) is 0 Å². The van der Waals surface area contributed by atoms with E-state index in [0.717, 1.165) is 16.6 Å². The fourth-order valence-corrected chi connectivity index (χ4v) is 1.26. The molecule has 4 heteroatoms. The van der Waals surface area contributed by atoms with Crippen molar-refractivity contribution in [3.05, 3.63) is 23.8 Å². The Labute approximate surface area is 75.2 Å². The average molecular weight is 175 g/mol. The number of aromatic nitrogens is 3. The maximum atomic E-state index is 11.1. The number of rotatable bonds is 0. The van der Waals surface area contributed by atoms with Crippen LogP contribution in [0.3, 0.4) is 0 Å². The first kappa shape index (κ1) is 7.91. The summed E-state index contributed by atoms with van der Waals surface area (Å²) in [6.45, 7) is 3.44. The third kappa shape index (κ3) is 1.20. The fourth-order valence-electron chi connectivity index (χ4n) is 1.26. The van der Waals surface area contributed by atoms with Crippen molar-refractivity contribution in [2.75, 3.05) is 0 Å². The second-order valence-electron chi connectivity index (χ2n) is 3.01. The number of hydrogen-bond donors (Lipinski definition) is 0. The largest absolute Gasteiger partial charge is 0.273 e. The van der Waals surface area contributed by atoms with E-state index in [1.165, 1.54) is 11.6 Å². The first-order valence-corrected chi connectivity index (χ1v) is 4.01. The van der Waals surface area contributed by atoms with Crippen LogP contribution in [-0.4, -0.2) is 20.9 Å². The molecule has 1 heterocycles. The summed E-state index contributed by atoms with van der Waals surface area (Å²) in [4.78, 5) is 11.1. The number of aryl methyl sites for hydroxylation is 1. The first-order valence-electron chi connectivity index (χ1n) is 4.01. The van der Waals surface area contributed by atoms with E-state index in [-0.39, 0.29) is 5.91 Å². The van der Waals surface area contributed by atoms with Crippen molar-refractivity contribution < 1.29 is 4.79 Å². The second-order valence-corrected chi connectivity index (χ2v) is 3.01. The highest BCUT2D eigenvalue weighted by Gasteiger charge is 2.06. The topological polar surface area (TPSA) is 47.8 Å². The monoisotopic (exact) mass is 175 g/mol. The summed E-state index contributed by atoms with van der Waals surface area (Å²) < 4.78 is 1.31. The van der Waals surface area contributed by atoms with Gasteiger partial charge in [0.05, 0.1) is 5.52 Å². The molecular formula is C9H9N3O. The fraction of sp³-hybridized carbons (Fsp3) is 0.222. The summed E-state index contributed by atoms with van der Waals surface area (Å²) in [5.74, 6) is -0.117. The van der Waals surface area contributed by atoms with Gasteiger partial charge in [-0.25, -0.2) is 0 Å². The number of hydrogen-bond acceptors (Lipinski definition) is 3. The summed E-state index contributed by atoms with van der Waals surface area (Å²) in [5, 5.41) is 7.63. The van der Waals surface area contributed by atoms with E-state index >= 15 is 0 Å². The minimum absolute atomic E-state index is 0.117. The number of carbonyl (C=O) groups is 1. The minimum atomic E-state index is -0.117. The molecule has 2 rings (SSSR count). The Balaban J connectivity index is 2.79. The zero-order valence-corrected chi connectivity index (χ0v) is 7.48. The molecule has 0 atom stereocenters.